The number of nitrogens with one attached hydrogen (secondary N) is 1. The second-order valence-electron chi connectivity index (χ2n) is 6.24. The van der Waals surface area contributed by atoms with Crippen LogP contribution in [0, 0.1) is 12.8 Å². The Morgan fingerprint density at radius 3 is 2.83 bits per heavy atom. The molecule has 3 rings (SSSR count). The van der Waals surface area contributed by atoms with Gasteiger partial charge in [-0.15, -0.1) is 10.2 Å². The molecular weight excluding hydrogens is 322 g/mol. The fraction of sp³-hybridized carbons (Fsp3) is 0.471. The summed E-state index contributed by atoms with van der Waals surface area (Å²) in [7, 11) is 0. The van der Waals surface area contributed by atoms with Gasteiger partial charge in [0, 0.05) is 18.8 Å². The number of nitrogens with zero attached hydrogens (tertiary/aromatic N) is 3. The van der Waals surface area contributed by atoms with E-state index in [0.29, 0.717) is 6.54 Å². The van der Waals surface area contributed by atoms with Crippen LogP contribution in [0.1, 0.15) is 28.4 Å². The van der Waals surface area contributed by atoms with Gasteiger partial charge < -0.3 is 11.1 Å². The van der Waals surface area contributed by atoms with Gasteiger partial charge >= 0.3 is 0 Å². The van der Waals surface area contributed by atoms with Crippen molar-refractivity contribution in [1.82, 2.24) is 15.1 Å². The minimum atomic E-state index is -0.175. The molecule has 1 atom stereocenters. The number of nitrogens with two attached hydrogens (primary N) is 1. The van der Waals surface area contributed by atoms with Crippen LogP contribution in [0.3, 0.4) is 0 Å². The maximum absolute atomic E-state index is 11.4. The summed E-state index contributed by atoms with van der Waals surface area (Å²) in [6.07, 6.45) is 1.95. The number of likely N-dealkylation sites (tertiary alicyclic amines) is 1. The largest absolute Gasteiger partial charge is 0.378 e. The first-order valence-electron chi connectivity index (χ1n) is 8.23. The topological polar surface area (TPSA) is 84.1 Å². The molecule has 0 spiro atoms. The Balaban J connectivity index is 1.51. The maximum Gasteiger partial charge on any atom is 0.221 e. The van der Waals surface area contributed by atoms with E-state index in [-0.39, 0.29) is 11.8 Å². The Bertz CT molecular complexity index is 685. The van der Waals surface area contributed by atoms with Crippen LogP contribution in [0.15, 0.2) is 24.3 Å². The van der Waals surface area contributed by atoms with Crippen LogP contribution in [0.4, 0.5) is 5.69 Å². The smallest absolute Gasteiger partial charge is 0.221 e. The highest BCUT2D eigenvalue weighted by atomic mass is 32.1. The SMILES string of the molecule is Cc1nnc(CNc2ccc(CN3CCCC(C(N)=O)C3)cc2)s1. The van der Waals surface area contributed by atoms with Gasteiger partial charge in [0.15, 0.2) is 0 Å². The number of carbonyl (C=O) groups is 1. The summed E-state index contributed by atoms with van der Waals surface area (Å²) in [5, 5.41) is 13.5. The molecule has 2 heterocycles. The lowest BCUT2D eigenvalue weighted by atomic mass is 9.97. The highest BCUT2D eigenvalue weighted by Crippen LogP contribution is 2.19. The fourth-order valence-corrected chi connectivity index (χ4v) is 3.65. The van der Waals surface area contributed by atoms with Crippen molar-refractivity contribution in [3.63, 3.8) is 0 Å². The predicted octanol–water partition coefficient (Wildman–Crippen LogP) is 2.16. The van der Waals surface area contributed by atoms with Crippen molar-refractivity contribution in [2.75, 3.05) is 18.4 Å². The average molecular weight is 345 g/mol. The van der Waals surface area contributed by atoms with Crippen molar-refractivity contribution in [2.45, 2.75) is 32.9 Å². The van der Waals surface area contributed by atoms with Crippen LogP contribution >= 0.6 is 11.3 Å². The number of aryl methyl sites for hydroxylation is 1. The number of anilines is 1. The number of primary amides is 1. The van der Waals surface area contributed by atoms with Gasteiger partial charge in [-0.3, -0.25) is 9.69 Å². The second-order valence-corrected chi connectivity index (χ2v) is 7.51. The Morgan fingerprint density at radius 1 is 1.38 bits per heavy atom. The van der Waals surface area contributed by atoms with Crippen molar-refractivity contribution >= 4 is 22.9 Å². The predicted molar refractivity (Wildman–Crippen MR) is 95.6 cm³/mol. The molecule has 3 N–H and O–H groups in total. The standard InChI is InChI=1S/C17H23N5OS/c1-12-20-21-16(24-12)9-19-15-6-4-13(5-7-15)10-22-8-2-3-14(11-22)17(18)23/h4-7,14,19H,2-3,8-11H2,1H3,(H2,18,23). The molecule has 6 nitrogen and oxygen atoms in total. The second kappa shape index (κ2) is 7.72. The molecule has 0 saturated carbocycles. The van der Waals surface area contributed by atoms with Crippen molar-refractivity contribution in [1.29, 1.82) is 0 Å². The summed E-state index contributed by atoms with van der Waals surface area (Å²) in [6.45, 7) is 5.31. The summed E-state index contributed by atoms with van der Waals surface area (Å²) < 4.78 is 0. The molecule has 1 aliphatic heterocycles. The summed E-state index contributed by atoms with van der Waals surface area (Å²) >= 11 is 1.61. The molecular formula is C17H23N5OS. The Labute approximate surface area is 146 Å². The first-order valence-corrected chi connectivity index (χ1v) is 9.05. The van der Waals surface area contributed by atoms with E-state index in [9.17, 15) is 4.79 Å². The normalized spacial score (nSPS) is 18.5. The minimum absolute atomic E-state index is 0.00458. The van der Waals surface area contributed by atoms with E-state index in [2.05, 4.69) is 44.7 Å². The zero-order chi connectivity index (χ0) is 16.9. The number of piperidine rings is 1. The highest BCUT2D eigenvalue weighted by molar-refractivity contribution is 7.11. The maximum atomic E-state index is 11.4. The zero-order valence-corrected chi connectivity index (χ0v) is 14.7. The lowest BCUT2D eigenvalue weighted by Gasteiger charge is -2.31. The van der Waals surface area contributed by atoms with E-state index in [4.69, 9.17) is 5.73 Å². The third-order valence-corrected chi connectivity index (χ3v) is 5.12. The van der Waals surface area contributed by atoms with E-state index in [0.717, 1.165) is 48.2 Å². The number of benzene rings is 1. The lowest BCUT2D eigenvalue weighted by molar-refractivity contribution is -0.123. The van der Waals surface area contributed by atoms with Crippen LogP contribution in [0.5, 0.6) is 0 Å². The van der Waals surface area contributed by atoms with E-state index in [1.165, 1.54) is 5.56 Å². The van der Waals surface area contributed by atoms with E-state index >= 15 is 0 Å². The van der Waals surface area contributed by atoms with Gasteiger partial charge in [0.1, 0.15) is 10.0 Å². The summed E-state index contributed by atoms with van der Waals surface area (Å²) in [5.74, 6) is -0.179. The lowest BCUT2D eigenvalue weighted by Crippen LogP contribution is -2.40. The monoisotopic (exact) mass is 345 g/mol. The molecule has 1 aromatic heterocycles. The molecule has 7 heteroatoms. The van der Waals surface area contributed by atoms with Crippen LogP contribution in [0.2, 0.25) is 0 Å². The molecule has 1 aliphatic rings. The molecule has 1 aromatic carbocycles. The third-order valence-electron chi connectivity index (χ3n) is 4.28. The molecule has 128 valence electrons. The van der Waals surface area contributed by atoms with Crippen molar-refractivity contribution in [3.05, 3.63) is 39.8 Å². The molecule has 1 fully saturated rings. The molecule has 1 amide bonds. The molecule has 0 aliphatic carbocycles. The number of aromatic nitrogens is 2. The van der Waals surface area contributed by atoms with Crippen LogP contribution in [0.25, 0.3) is 0 Å². The zero-order valence-electron chi connectivity index (χ0n) is 13.9. The van der Waals surface area contributed by atoms with Gasteiger partial charge in [-0.25, -0.2) is 0 Å². The first kappa shape index (κ1) is 16.9. The van der Waals surface area contributed by atoms with Gasteiger partial charge in [-0.05, 0) is 44.0 Å². The average Bonchev–Trinajstić information content (AvgIpc) is 3.00. The first-order chi connectivity index (χ1) is 11.6. The molecule has 1 saturated heterocycles. The van der Waals surface area contributed by atoms with Gasteiger partial charge in [-0.2, -0.15) is 0 Å². The molecule has 2 aromatic rings. The van der Waals surface area contributed by atoms with Crippen molar-refractivity contribution < 1.29 is 4.79 Å². The summed E-state index contributed by atoms with van der Waals surface area (Å²) in [5.41, 5.74) is 7.76. The number of carbonyl (C=O) groups excluding carboxylic acids is 1. The third kappa shape index (κ3) is 4.52. The van der Waals surface area contributed by atoms with E-state index in [1.54, 1.807) is 11.3 Å². The molecule has 0 bridgehead atoms. The van der Waals surface area contributed by atoms with Crippen molar-refractivity contribution in [3.8, 4) is 0 Å². The van der Waals surface area contributed by atoms with Crippen LogP contribution < -0.4 is 11.1 Å². The van der Waals surface area contributed by atoms with E-state index in [1.807, 2.05) is 6.92 Å². The summed E-state index contributed by atoms with van der Waals surface area (Å²) in [4.78, 5) is 13.7. The quantitative estimate of drug-likeness (QED) is 0.838. The van der Waals surface area contributed by atoms with Gasteiger partial charge in [0.05, 0.1) is 12.5 Å². The van der Waals surface area contributed by atoms with Crippen molar-refractivity contribution in [2.24, 2.45) is 11.7 Å². The van der Waals surface area contributed by atoms with Crippen LogP contribution in [-0.4, -0.2) is 34.1 Å². The highest BCUT2D eigenvalue weighted by Gasteiger charge is 2.23. The summed E-state index contributed by atoms with van der Waals surface area (Å²) in [6, 6.07) is 8.42. The minimum Gasteiger partial charge on any atom is -0.378 e. The Morgan fingerprint density at radius 2 is 2.17 bits per heavy atom. The molecule has 0 radical (unpaired) electrons. The Hall–Kier alpha value is -1.99. The Kier molecular flexibility index (Phi) is 5.42. The number of amides is 1. The van der Waals surface area contributed by atoms with E-state index < -0.39 is 0 Å². The van der Waals surface area contributed by atoms with Gasteiger partial charge in [-0.1, -0.05) is 23.5 Å². The molecule has 24 heavy (non-hydrogen) atoms. The van der Waals surface area contributed by atoms with Gasteiger partial charge in [0.25, 0.3) is 0 Å². The number of hydrogen-bond donors (Lipinski definition) is 2. The fourth-order valence-electron chi connectivity index (χ4n) is 3.00. The number of rotatable bonds is 6. The van der Waals surface area contributed by atoms with Crippen LogP contribution in [-0.2, 0) is 17.9 Å². The molecule has 1 unspecified atom stereocenters. The van der Waals surface area contributed by atoms with Gasteiger partial charge in [0.2, 0.25) is 5.91 Å². The number of hydrogen-bond acceptors (Lipinski definition) is 6.